The Morgan fingerprint density at radius 3 is 2.81 bits per heavy atom. The van der Waals surface area contributed by atoms with E-state index in [1.807, 2.05) is 24.3 Å². The monoisotopic (exact) mass is 336 g/mol. The molecule has 0 atom stereocenters. The topological polar surface area (TPSA) is 90.5 Å². The highest BCUT2D eigenvalue weighted by atomic mass is 32.1. The number of nitrogen functional groups attached to an aromatic ring is 1. The fourth-order valence-corrected chi connectivity index (χ4v) is 3.04. The largest absolute Gasteiger partial charge is 0.375 e. The zero-order valence-electron chi connectivity index (χ0n) is 10.4. The number of hydrogen-bond donors (Lipinski definition) is 2. The lowest BCUT2D eigenvalue weighted by Crippen LogP contribution is -2.12. The average molecular weight is 336 g/mol. The molecule has 9 heteroatoms. The van der Waals surface area contributed by atoms with Crippen LogP contribution in [0.25, 0.3) is 10.2 Å². The van der Waals surface area contributed by atoms with E-state index in [1.54, 1.807) is 5.38 Å². The van der Waals surface area contributed by atoms with E-state index in [9.17, 15) is 4.79 Å². The summed E-state index contributed by atoms with van der Waals surface area (Å²) >= 11 is 6.31. The predicted octanol–water partition coefficient (Wildman–Crippen LogP) is 2.57. The van der Waals surface area contributed by atoms with E-state index in [1.165, 1.54) is 22.7 Å². The number of carbonyl (C=O) groups is 1. The molecule has 0 saturated carbocycles. The summed E-state index contributed by atoms with van der Waals surface area (Å²) in [7, 11) is 0. The molecule has 2 heterocycles. The minimum atomic E-state index is -0.554. The summed E-state index contributed by atoms with van der Waals surface area (Å²) in [5, 5.41) is 5.54. The third-order valence-corrected chi connectivity index (χ3v) is 4.25. The number of rotatable bonds is 4. The molecule has 0 aliphatic rings. The standard InChI is InChI=1S/C12H8N4O2S3/c13-11-14-7(5-20-11)9(10(17)19)16-18-12-15-6-3-1-2-4-8(6)21-12/h1-5H,(H2,13,14)(H,17,19)/b16-9+. The zero-order chi connectivity index (χ0) is 14.8. The maximum atomic E-state index is 11.5. The van der Waals surface area contributed by atoms with Crippen LogP contribution in [0.3, 0.4) is 0 Å². The number of hydrogen-bond acceptors (Lipinski definition) is 8. The number of thiol groups is 1. The molecule has 0 unspecified atom stereocenters. The molecule has 106 valence electrons. The highest BCUT2D eigenvalue weighted by Gasteiger charge is 2.15. The van der Waals surface area contributed by atoms with E-state index in [4.69, 9.17) is 10.6 Å². The van der Waals surface area contributed by atoms with Crippen LogP contribution in [0.2, 0.25) is 0 Å². The van der Waals surface area contributed by atoms with E-state index in [0.29, 0.717) is 16.0 Å². The fourth-order valence-electron chi connectivity index (χ4n) is 1.57. The molecule has 0 aliphatic carbocycles. The first kappa shape index (κ1) is 14.0. The molecule has 0 fully saturated rings. The van der Waals surface area contributed by atoms with Gasteiger partial charge in [0.15, 0.2) is 10.8 Å². The van der Waals surface area contributed by atoms with Crippen LogP contribution >= 0.6 is 35.3 Å². The van der Waals surface area contributed by atoms with Crippen LogP contribution < -0.4 is 10.6 Å². The molecule has 0 radical (unpaired) electrons. The number of para-hydroxylation sites is 1. The maximum Gasteiger partial charge on any atom is 0.306 e. The smallest absolute Gasteiger partial charge is 0.306 e. The number of aromatic nitrogens is 2. The SMILES string of the molecule is Nc1nc(/C(=N\Oc2nc3ccccc3s2)C(=O)S)cs1. The summed E-state index contributed by atoms with van der Waals surface area (Å²) in [6, 6.07) is 7.59. The van der Waals surface area contributed by atoms with Gasteiger partial charge in [0.1, 0.15) is 5.69 Å². The molecule has 6 nitrogen and oxygen atoms in total. The summed E-state index contributed by atoms with van der Waals surface area (Å²) in [6.45, 7) is 0. The highest BCUT2D eigenvalue weighted by molar-refractivity contribution is 7.99. The molecule has 2 N–H and O–H groups in total. The van der Waals surface area contributed by atoms with E-state index < -0.39 is 5.12 Å². The maximum absolute atomic E-state index is 11.5. The van der Waals surface area contributed by atoms with Gasteiger partial charge in [-0.1, -0.05) is 41.3 Å². The molecule has 3 aromatic rings. The van der Waals surface area contributed by atoms with Gasteiger partial charge in [-0.25, -0.2) is 9.97 Å². The van der Waals surface area contributed by atoms with Gasteiger partial charge in [0, 0.05) is 5.38 Å². The quantitative estimate of drug-likeness (QED) is 0.434. The third kappa shape index (κ3) is 3.04. The van der Waals surface area contributed by atoms with Crippen LogP contribution in [-0.4, -0.2) is 20.8 Å². The molecule has 0 saturated heterocycles. The van der Waals surface area contributed by atoms with E-state index in [-0.39, 0.29) is 5.71 Å². The summed E-state index contributed by atoms with van der Waals surface area (Å²) in [5.41, 5.74) is 6.67. The Morgan fingerprint density at radius 1 is 1.33 bits per heavy atom. The van der Waals surface area contributed by atoms with Gasteiger partial charge in [-0.15, -0.1) is 11.3 Å². The van der Waals surface area contributed by atoms with E-state index in [2.05, 4.69) is 27.8 Å². The van der Waals surface area contributed by atoms with Crippen molar-refractivity contribution >= 4 is 61.5 Å². The minimum Gasteiger partial charge on any atom is -0.375 e. The van der Waals surface area contributed by atoms with Crippen molar-refractivity contribution in [1.29, 1.82) is 0 Å². The zero-order valence-corrected chi connectivity index (χ0v) is 12.9. The van der Waals surface area contributed by atoms with Gasteiger partial charge in [-0.3, -0.25) is 4.79 Å². The number of carbonyl (C=O) groups excluding carboxylic acids is 1. The molecule has 1 aromatic carbocycles. The van der Waals surface area contributed by atoms with Crippen LogP contribution in [0.1, 0.15) is 5.69 Å². The second kappa shape index (κ2) is 5.80. The molecular weight excluding hydrogens is 328 g/mol. The molecule has 0 amide bonds. The second-order valence-corrected chi connectivity index (χ2v) is 6.14. The van der Waals surface area contributed by atoms with Crippen LogP contribution in [0.4, 0.5) is 5.13 Å². The second-order valence-electron chi connectivity index (χ2n) is 3.85. The number of oxime groups is 1. The van der Waals surface area contributed by atoms with Gasteiger partial charge in [-0.05, 0) is 12.1 Å². The van der Waals surface area contributed by atoms with Gasteiger partial charge >= 0.3 is 5.19 Å². The Balaban J connectivity index is 1.89. The van der Waals surface area contributed by atoms with Crippen LogP contribution in [0.15, 0.2) is 34.8 Å². The van der Waals surface area contributed by atoms with Crippen molar-refractivity contribution in [3.05, 3.63) is 35.3 Å². The van der Waals surface area contributed by atoms with Gasteiger partial charge in [0.2, 0.25) is 5.12 Å². The Labute approximate surface area is 132 Å². The number of nitrogens with zero attached hydrogens (tertiary/aromatic N) is 3. The molecule has 21 heavy (non-hydrogen) atoms. The third-order valence-electron chi connectivity index (χ3n) is 2.46. The summed E-state index contributed by atoms with van der Waals surface area (Å²) in [6.07, 6.45) is 0. The predicted molar refractivity (Wildman–Crippen MR) is 87.3 cm³/mol. The normalized spacial score (nSPS) is 11.8. The molecule has 0 aliphatic heterocycles. The first-order valence-corrected chi connectivity index (χ1v) is 7.83. The number of thiazole rings is 2. The summed E-state index contributed by atoms with van der Waals surface area (Å²) in [4.78, 5) is 25.0. The minimum absolute atomic E-state index is 0.00876. The molecular formula is C12H8N4O2S3. The van der Waals surface area contributed by atoms with Crippen molar-refractivity contribution in [1.82, 2.24) is 9.97 Å². The molecule has 0 bridgehead atoms. The van der Waals surface area contributed by atoms with Crippen molar-refractivity contribution in [2.45, 2.75) is 0 Å². The van der Waals surface area contributed by atoms with E-state index in [0.717, 1.165) is 10.2 Å². The van der Waals surface area contributed by atoms with Crippen molar-refractivity contribution in [3.63, 3.8) is 0 Å². The Kier molecular flexibility index (Phi) is 3.86. The number of benzene rings is 1. The first-order chi connectivity index (χ1) is 10.1. The summed E-state index contributed by atoms with van der Waals surface area (Å²) < 4.78 is 0.972. The lowest BCUT2D eigenvalue weighted by atomic mass is 10.3. The lowest BCUT2D eigenvalue weighted by Gasteiger charge is -1.96. The van der Waals surface area contributed by atoms with Gasteiger partial charge < -0.3 is 10.6 Å². The summed E-state index contributed by atoms with van der Waals surface area (Å²) in [5.74, 6) is 0. The Hall–Kier alpha value is -1.97. The van der Waals surface area contributed by atoms with Crippen LogP contribution in [0.5, 0.6) is 5.19 Å². The Morgan fingerprint density at radius 2 is 2.14 bits per heavy atom. The molecule has 0 spiro atoms. The number of fused-ring (bicyclic) bond motifs is 1. The van der Waals surface area contributed by atoms with Crippen molar-refractivity contribution < 1.29 is 9.63 Å². The molecule has 2 aromatic heterocycles. The average Bonchev–Trinajstić information content (AvgIpc) is 3.04. The van der Waals surface area contributed by atoms with Crippen molar-refractivity contribution in [3.8, 4) is 5.19 Å². The molecule has 3 rings (SSSR count). The fraction of sp³-hybridized carbons (Fsp3) is 0. The number of anilines is 1. The number of nitrogens with two attached hydrogens (primary N) is 1. The van der Waals surface area contributed by atoms with Crippen molar-refractivity contribution in [2.75, 3.05) is 5.73 Å². The first-order valence-electron chi connectivity index (χ1n) is 5.69. The highest BCUT2D eigenvalue weighted by Crippen LogP contribution is 2.27. The van der Waals surface area contributed by atoms with E-state index >= 15 is 0 Å². The van der Waals surface area contributed by atoms with Crippen LogP contribution in [0, 0.1) is 0 Å². The van der Waals surface area contributed by atoms with Crippen molar-refractivity contribution in [2.24, 2.45) is 5.16 Å². The lowest BCUT2D eigenvalue weighted by molar-refractivity contribution is -0.105. The van der Waals surface area contributed by atoms with Gasteiger partial charge in [0.25, 0.3) is 0 Å². The Bertz CT molecular complexity index is 807. The van der Waals surface area contributed by atoms with Gasteiger partial charge in [-0.2, -0.15) is 0 Å². The van der Waals surface area contributed by atoms with Crippen LogP contribution in [-0.2, 0) is 4.79 Å². The van der Waals surface area contributed by atoms with Gasteiger partial charge in [0.05, 0.1) is 10.2 Å².